The van der Waals surface area contributed by atoms with E-state index in [2.05, 4.69) is 53.4 Å². The van der Waals surface area contributed by atoms with Crippen LogP contribution in [0.25, 0.3) is 0 Å². The Morgan fingerprint density at radius 2 is 1.06 bits per heavy atom. The van der Waals surface area contributed by atoms with Crippen molar-refractivity contribution in [3.8, 4) is 23.0 Å². The van der Waals surface area contributed by atoms with E-state index in [9.17, 15) is 20.4 Å². The van der Waals surface area contributed by atoms with Gasteiger partial charge in [0.2, 0.25) is 0 Å². The minimum Gasteiger partial charge on any atom is -0.504 e. The van der Waals surface area contributed by atoms with Gasteiger partial charge in [-0.1, -0.05) is 67.0 Å². The Balaban J connectivity index is 2.43. The first-order valence-electron chi connectivity index (χ1n) is 11.1. The lowest BCUT2D eigenvalue weighted by Gasteiger charge is -2.27. The quantitative estimate of drug-likeness (QED) is 0.411. The van der Waals surface area contributed by atoms with E-state index in [-0.39, 0.29) is 33.8 Å². The van der Waals surface area contributed by atoms with Crippen LogP contribution in [-0.4, -0.2) is 31.9 Å². The van der Waals surface area contributed by atoms with Crippen LogP contribution in [0.3, 0.4) is 0 Å². The maximum absolute atomic E-state index is 10.5. The Labute approximate surface area is 187 Å². The van der Waals surface area contributed by atoms with Gasteiger partial charge in [0.15, 0.2) is 23.0 Å². The third-order valence-corrected chi connectivity index (χ3v) is 5.69. The molecule has 0 aromatic heterocycles. The van der Waals surface area contributed by atoms with Crippen LogP contribution in [0.15, 0.2) is 24.3 Å². The van der Waals surface area contributed by atoms with Gasteiger partial charge in [-0.15, -0.1) is 0 Å². The van der Waals surface area contributed by atoms with Crippen LogP contribution in [0.1, 0.15) is 83.6 Å². The SMILES string of the molecule is CCCCN(Cc1cc(C(C)(C)C)cc(O)c1O)Cc1cc(C(C)(C)C)cc(O)c1O. The molecule has 0 saturated heterocycles. The summed E-state index contributed by atoms with van der Waals surface area (Å²) in [6.45, 7) is 16.1. The zero-order chi connectivity index (χ0) is 23.6. The molecule has 0 atom stereocenters. The second-order valence-corrected chi connectivity index (χ2v) is 10.6. The number of hydrogen-bond acceptors (Lipinski definition) is 5. The summed E-state index contributed by atoms with van der Waals surface area (Å²) < 4.78 is 0. The number of rotatable bonds is 7. The van der Waals surface area contributed by atoms with E-state index in [0.29, 0.717) is 24.2 Å². The summed E-state index contributed by atoms with van der Waals surface area (Å²) in [7, 11) is 0. The van der Waals surface area contributed by atoms with Gasteiger partial charge in [0.05, 0.1) is 0 Å². The first-order chi connectivity index (χ1) is 14.2. The standard InChI is InChI=1S/C26H39NO4/c1-8-9-10-27(15-17-11-19(25(2,3)4)13-21(28)23(17)30)16-18-12-20(26(5,6)7)14-22(29)24(18)31/h11-14,28-31H,8-10,15-16H2,1-7H3. The molecule has 0 bridgehead atoms. The highest BCUT2D eigenvalue weighted by molar-refractivity contribution is 5.50. The van der Waals surface area contributed by atoms with Crippen LogP contribution in [0.4, 0.5) is 0 Å². The lowest BCUT2D eigenvalue weighted by molar-refractivity contribution is 0.243. The van der Waals surface area contributed by atoms with Crippen molar-refractivity contribution < 1.29 is 20.4 Å². The van der Waals surface area contributed by atoms with E-state index in [0.717, 1.165) is 30.5 Å². The smallest absolute Gasteiger partial charge is 0.162 e. The summed E-state index contributed by atoms with van der Waals surface area (Å²) in [4.78, 5) is 2.13. The van der Waals surface area contributed by atoms with Crippen LogP contribution >= 0.6 is 0 Å². The van der Waals surface area contributed by atoms with Gasteiger partial charge < -0.3 is 20.4 Å². The Bertz CT molecular complexity index is 836. The maximum atomic E-state index is 10.5. The molecule has 2 aromatic rings. The fourth-order valence-electron chi connectivity index (χ4n) is 3.54. The zero-order valence-corrected chi connectivity index (χ0v) is 20.1. The van der Waals surface area contributed by atoms with Crippen LogP contribution in [0.5, 0.6) is 23.0 Å². The molecule has 0 fully saturated rings. The average molecular weight is 430 g/mol. The molecule has 2 aromatic carbocycles. The first-order valence-corrected chi connectivity index (χ1v) is 11.1. The molecule has 0 saturated carbocycles. The first kappa shape index (κ1) is 24.9. The Hall–Kier alpha value is -2.40. The molecule has 2 rings (SSSR count). The van der Waals surface area contributed by atoms with E-state index in [1.54, 1.807) is 12.1 Å². The highest BCUT2D eigenvalue weighted by Gasteiger charge is 2.22. The highest BCUT2D eigenvalue weighted by Crippen LogP contribution is 2.38. The molecule has 0 spiro atoms. The van der Waals surface area contributed by atoms with E-state index in [1.165, 1.54) is 0 Å². The van der Waals surface area contributed by atoms with Gasteiger partial charge in [0.25, 0.3) is 0 Å². The zero-order valence-electron chi connectivity index (χ0n) is 20.1. The van der Waals surface area contributed by atoms with E-state index in [4.69, 9.17) is 0 Å². The van der Waals surface area contributed by atoms with Crippen LogP contribution in [0, 0.1) is 0 Å². The molecule has 0 amide bonds. The van der Waals surface area contributed by atoms with Crippen LogP contribution < -0.4 is 0 Å². The molecule has 5 nitrogen and oxygen atoms in total. The lowest BCUT2D eigenvalue weighted by atomic mass is 9.85. The number of phenols is 4. The van der Waals surface area contributed by atoms with Crippen molar-refractivity contribution in [2.24, 2.45) is 0 Å². The minimum absolute atomic E-state index is 0.106. The molecule has 0 aliphatic carbocycles. The number of aromatic hydroxyl groups is 4. The third kappa shape index (κ3) is 6.30. The molecule has 4 N–H and O–H groups in total. The summed E-state index contributed by atoms with van der Waals surface area (Å²) in [5, 5.41) is 41.6. The minimum atomic E-state index is -0.167. The molecule has 31 heavy (non-hydrogen) atoms. The van der Waals surface area contributed by atoms with Crippen molar-refractivity contribution in [3.05, 3.63) is 46.5 Å². The van der Waals surface area contributed by atoms with Crippen molar-refractivity contribution >= 4 is 0 Å². The van der Waals surface area contributed by atoms with Crippen molar-refractivity contribution in [2.75, 3.05) is 6.54 Å². The van der Waals surface area contributed by atoms with Gasteiger partial charge in [-0.25, -0.2) is 0 Å². The number of unbranched alkanes of at least 4 members (excludes halogenated alkanes) is 1. The predicted molar refractivity (Wildman–Crippen MR) is 126 cm³/mol. The average Bonchev–Trinajstić information content (AvgIpc) is 2.64. The van der Waals surface area contributed by atoms with Gasteiger partial charge in [-0.3, -0.25) is 4.90 Å². The van der Waals surface area contributed by atoms with Crippen molar-refractivity contribution in [1.29, 1.82) is 0 Å². The summed E-state index contributed by atoms with van der Waals surface area (Å²) in [5.41, 5.74) is 2.86. The Kier molecular flexibility index (Phi) is 7.53. The third-order valence-electron chi connectivity index (χ3n) is 5.69. The van der Waals surface area contributed by atoms with Gasteiger partial charge in [0, 0.05) is 24.2 Å². The second-order valence-electron chi connectivity index (χ2n) is 10.6. The molecule has 0 radical (unpaired) electrons. The number of phenolic OH excluding ortho intramolecular Hbond substituents is 4. The fourth-order valence-corrected chi connectivity index (χ4v) is 3.54. The summed E-state index contributed by atoms with van der Waals surface area (Å²) >= 11 is 0. The number of hydrogen-bond donors (Lipinski definition) is 4. The largest absolute Gasteiger partial charge is 0.504 e. The number of benzene rings is 2. The van der Waals surface area contributed by atoms with Gasteiger partial charge in [-0.05, 0) is 47.1 Å². The Morgan fingerprint density at radius 1 is 0.677 bits per heavy atom. The van der Waals surface area contributed by atoms with E-state index in [1.807, 2.05) is 12.1 Å². The fraction of sp³-hybridized carbons (Fsp3) is 0.538. The molecule has 0 aliphatic rings. The maximum Gasteiger partial charge on any atom is 0.162 e. The lowest BCUT2D eigenvalue weighted by Crippen LogP contribution is -2.25. The highest BCUT2D eigenvalue weighted by atomic mass is 16.3. The predicted octanol–water partition coefficient (Wildman–Crippen LogP) is 5.91. The molecule has 5 heteroatoms. The monoisotopic (exact) mass is 429 g/mol. The molecule has 0 unspecified atom stereocenters. The van der Waals surface area contributed by atoms with Gasteiger partial charge in [-0.2, -0.15) is 0 Å². The second kappa shape index (κ2) is 9.39. The molecule has 172 valence electrons. The molecule has 0 heterocycles. The summed E-state index contributed by atoms with van der Waals surface area (Å²) in [6.07, 6.45) is 1.96. The molecular formula is C26H39NO4. The van der Waals surface area contributed by atoms with Gasteiger partial charge >= 0.3 is 0 Å². The number of nitrogens with zero attached hydrogens (tertiary/aromatic N) is 1. The van der Waals surface area contributed by atoms with Crippen LogP contribution in [0.2, 0.25) is 0 Å². The molecular weight excluding hydrogens is 390 g/mol. The summed E-state index contributed by atoms with van der Waals surface area (Å²) in [6, 6.07) is 7.12. The van der Waals surface area contributed by atoms with E-state index < -0.39 is 0 Å². The summed E-state index contributed by atoms with van der Waals surface area (Å²) in [5.74, 6) is -0.448. The van der Waals surface area contributed by atoms with E-state index >= 15 is 0 Å². The van der Waals surface area contributed by atoms with Crippen molar-refractivity contribution in [3.63, 3.8) is 0 Å². The van der Waals surface area contributed by atoms with Gasteiger partial charge in [0.1, 0.15) is 0 Å². The van der Waals surface area contributed by atoms with Crippen molar-refractivity contribution in [1.82, 2.24) is 4.90 Å². The Morgan fingerprint density at radius 3 is 1.39 bits per heavy atom. The van der Waals surface area contributed by atoms with Crippen molar-refractivity contribution in [2.45, 2.75) is 85.2 Å². The topological polar surface area (TPSA) is 84.2 Å². The normalized spacial score (nSPS) is 12.5. The van der Waals surface area contributed by atoms with Crippen LogP contribution in [-0.2, 0) is 23.9 Å². The molecule has 0 aliphatic heterocycles.